The normalized spacial score (nSPS) is 13.2. The van der Waals surface area contributed by atoms with Crippen LogP contribution < -0.4 is 15.8 Å². The topological polar surface area (TPSA) is 140 Å². The molecule has 1 atom stereocenters. The van der Waals surface area contributed by atoms with Gasteiger partial charge in [-0.1, -0.05) is 11.3 Å². The van der Waals surface area contributed by atoms with Crippen LogP contribution in [0.5, 0.6) is 5.75 Å². The van der Waals surface area contributed by atoms with Crippen LogP contribution >= 0.6 is 11.3 Å². The SMILES string of the molecule is CCOc1c(CC(N)=O)cc([C@@](O)(CNC(=O)c2nc3cccnc3s2)C(F)(F)F)nc1-c1ccc(F)cc1. The van der Waals surface area contributed by atoms with E-state index in [1.165, 1.54) is 18.3 Å². The Morgan fingerprint density at radius 1 is 1.15 bits per heavy atom. The standard InChI is InChI=1S/C25H21F4N5O4S/c1-2-38-20-14(11-18(30)35)10-17(34-19(20)13-5-7-15(26)8-6-13)24(37,25(27,28)29)12-32-21(36)23-33-16-4-3-9-31-22(16)39-23/h3-10,37H,2,11-12H2,1H3,(H2,30,35)(H,32,36)/t24-/m0/s1. The Labute approximate surface area is 222 Å². The molecular weight excluding hydrogens is 542 g/mol. The molecule has 0 fully saturated rings. The summed E-state index contributed by atoms with van der Waals surface area (Å²) in [6.45, 7) is 0.325. The Hall–Kier alpha value is -4.17. The fraction of sp³-hybridized carbons (Fsp3) is 0.240. The monoisotopic (exact) mass is 563 g/mol. The number of alkyl halides is 3. The Morgan fingerprint density at radius 3 is 2.49 bits per heavy atom. The number of ether oxygens (including phenoxy) is 1. The van der Waals surface area contributed by atoms with Crippen LogP contribution in [0.1, 0.15) is 28.0 Å². The first-order chi connectivity index (χ1) is 18.4. The second-order valence-electron chi connectivity index (χ2n) is 8.31. The third-order valence-electron chi connectivity index (χ3n) is 5.58. The number of benzene rings is 1. The molecule has 0 spiro atoms. The average Bonchev–Trinajstić information content (AvgIpc) is 3.32. The second kappa shape index (κ2) is 10.9. The fourth-order valence-electron chi connectivity index (χ4n) is 3.71. The van der Waals surface area contributed by atoms with Gasteiger partial charge in [0.15, 0.2) is 5.01 Å². The van der Waals surface area contributed by atoms with Gasteiger partial charge in [-0.15, -0.1) is 0 Å². The molecule has 2 amide bonds. The van der Waals surface area contributed by atoms with Gasteiger partial charge in [0, 0.05) is 17.3 Å². The Morgan fingerprint density at radius 2 is 1.87 bits per heavy atom. The number of primary amides is 1. The summed E-state index contributed by atoms with van der Waals surface area (Å²) in [7, 11) is 0. The van der Waals surface area contributed by atoms with Crippen molar-refractivity contribution >= 4 is 33.5 Å². The molecule has 0 saturated carbocycles. The number of halogens is 4. The first-order valence-electron chi connectivity index (χ1n) is 11.4. The zero-order chi connectivity index (χ0) is 28.4. The number of aromatic nitrogens is 3. The summed E-state index contributed by atoms with van der Waals surface area (Å²) in [5.74, 6) is -2.51. The third-order valence-corrected chi connectivity index (χ3v) is 6.56. The van der Waals surface area contributed by atoms with Gasteiger partial charge in [-0.2, -0.15) is 13.2 Å². The van der Waals surface area contributed by atoms with Gasteiger partial charge >= 0.3 is 6.18 Å². The van der Waals surface area contributed by atoms with E-state index in [4.69, 9.17) is 10.5 Å². The summed E-state index contributed by atoms with van der Waals surface area (Å²) in [6, 6.07) is 8.67. The number of carbonyl (C=O) groups excluding carboxylic acids is 2. The molecule has 0 radical (unpaired) electrons. The van der Waals surface area contributed by atoms with E-state index < -0.39 is 48.1 Å². The molecule has 0 aliphatic rings. The molecule has 4 aromatic rings. The van der Waals surface area contributed by atoms with E-state index >= 15 is 0 Å². The van der Waals surface area contributed by atoms with Gasteiger partial charge in [-0.05, 0) is 49.4 Å². The summed E-state index contributed by atoms with van der Waals surface area (Å²) in [4.78, 5) is 37.0. The van der Waals surface area contributed by atoms with Gasteiger partial charge in [0.1, 0.15) is 27.6 Å². The quantitative estimate of drug-likeness (QED) is 0.265. The number of aliphatic hydroxyl groups is 1. The van der Waals surface area contributed by atoms with Crippen LogP contribution in [0.2, 0.25) is 0 Å². The zero-order valence-corrected chi connectivity index (χ0v) is 21.1. The van der Waals surface area contributed by atoms with Gasteiger partial charge in [-0.3, -0.25) is 9.59 Å². The van der Waals surface area contributed by atoms with Gasteiger partial charge in [-0.25, -0.2) is 19.3 Å². The first-order valence-corrected chi connectivity index (χ1v) is 12.2. The second-order valence-corrected chi connectivity index (χ2v) is 9.29. The van der Waals surface area contributed by atoms with E-state index in [-0.39, 0.29) is 34.2 Å². The van der Waals surface area contributed by atoms with Crippen molar-refractivity contribution in [3.63, 3.8) is 0 Å². The molecule has 3 heterocycles. The van der Waals surface area contributed by atoms with E-state index in [2.05, 4.69) is 20.3 Å². The highest BCUT2D eigenvalue weighted by Gasteiger charge is 2.56. The molecule has 0 aliphatic heterocycles. The number of rotatable bonds is 9. The third kappa shape index (κ3) is 5.81. The van der Waals surface area contributed by atoms with Gasteiger partial charge in [0.25, 0.3) is 5.91 Å². The van der Waals surface area contributed by atoms with Gasteiger partial charge in [0.2, 0.25) is 11.5 Å². The van der Waals surface area contributed by atoms with Crippen LogP contribution in [-0.2, 0) is 16.8 Å². The maximum Gasteiger partial charge on any atom is 0.424 e. The van der Waals surface area contributed by atoms with Crippen molar-refractivity contribution < 1.29 is 37.0 Å². The molecule has 204 valence electrons. The Kier molecular flexibility index (Phi) is 7.79. The van der Waals surface area contributed by atoms with E-state index in [1.807, 2.05) is 0 Å². The summed E-state index contributed by atoms with van der Waals surface area (Å²) >= 11 is 0.866. The predicted molar refractivity (Wildman–Crippen MR) is 133 cm³/mol. The molecule has 0 saturated heterocycles. The molecule has 9 nitrogen and oxygen atoms in total. The lowest BCUT2D eigenvalue weighted by Gasteiger charge is -2.31. The predicted octanol–water partition coefficient (Wildman–Crippen LogP) is 3.50. The number of amides is 2. The number of thiazole rings is 1. The molecule has 4 rings (SSSR count). The smallest absolute Gasteiger partial charge is 0.424 e. The van der Waals surface area contributed by atoms with E-state index in [0.29, 0.717) is 10.3 Å². The molecule has 0 bridgehead atoms. The van der Waals surface area contributed by atoms with E-state index in [9.17, 15) is 32.3 Å². The first kappa shape index (κ1) is 27.9. The molecule has 4 N–H and O–H groups in total. The van der Waals surface area contributed by atoms with Crippen LogP contribution in [0, 0.1) is 5.82 Å². The van der Waals surface area contributed by atoms with Crippen molar-refractivity contribution in [2.75, 3.05) is 13.2 Å². The number of nitrogens with two attached hydrogens (primary N) is 1. The maximum absolute atomic E-state index is 14.4. The molecule has 3 aromatic heterocycles. The molecule has 14 heteroatoms. The van der Waals surface area contributed by atoms with Crippen LogP contribution in [-0.4, -0.2) is 51.2 Å². The van der Waals surface area contributed by atoms with Crippen molar-refractivity contribution in [3.8, 4) is 17.0 Å². The number of hydrogen-bond donors (Lipinski definition) is 3. The highest BCUT2D eigenvalue weighted by atomic mass is 32.1. The van der Waals surface area contributed by atoms with Crippen molar-refractivity contribution in [2.45, 2.75) is 25.1 Å². The van der Waals surface area contributed by atoms with Crippen LogP contribution in [0.3, 0.4) is 0 Å². The average molecular weight is 564 g/mol. The number of nitrogens with one attached hydrogen (secondary N) is 1. The largest absolute Gasteiger partial charge is 0.491 e. The molecule has 1 aromatic carbocycles. The highest BCUT2D eigenvalue weighted by Crippen LogP contribution is 2.42. The summed E-state index contributed by atoms with van der Waals surface area (Å²) in [5, 5.41) is 12.9. The van der Waals surface area contributed by atoms with Crippen molar-refractivity contribution in [1.29, 1.82) is 0 Å². The minimum absolute atomic E-state index is 0.0532. The molecule has 39 heavy (non-hydrogen) atoms. The number of pyridine rings is 2. The van der Waals surface area contributed by atoms with Crippen molar-refractivity contribution in [2.24, 2.45) is 5.73 Å². The Balaban J connectivity index is 1.79. The number of hydrogen-bond acceptors (Lipinski definition) is 8. The van der Waals surface area contributed by atoms with Crippen molar-refractivity contribution in [1.82, 2.24) is 20.3 Å². The number of nitrogens with zero attached hydrogens (tertiary/aromatic N) is 3. The fourth-order valence-corrected chi connectivity index (χ4v) is 4.54. The van der Waals surface area contributed by atoms with Crippen LogP contribution in [0.25, 0.3) is 21.6 Å². The zero-order valence-electron chi connectivity index (χ0n) is 20.3. The molecule has 0 aliphatic carbocycles. The lowest BCUT2D eigenvalue weighted by atomic mass is 9.94. The van der Waals surface area contributed by atoms with E-state index in [1.54, 1.807) is 19.1 Å². The van der Waals surface area contributed by atoms with Crippen molar-refractivity contribution in [3.05, 3.63) is 70.7 Å². The lowest BCUT2D eigenvalue weighted by molar-refractivity contribution is -0.265. The van der Waals surface area contributed by atoms with E-state index in [0.717, 1.165) is 29.5 Å². The summed E-state index contributed by atoms with van der Waals surface area (Å²) in [6.07, 6.45) is -4.40. The Bertz CT molecular complexity index is 1490. The number of carbonyl (C=O) groups is 2. The van der Waals surface area contributed by atoms with Crippen LogP contribution in [0.4, 0.5) is 17.6 Å². The molecular formula is C25H21F4N5O4S. The lowest BCUT2D eigenvalue weighted by Crippen LogP contribution is -2.51. The number of fused-ring (bicyclic) bond motifs is 1. The molecule has 0 unspecified atom stereocenters. The maximum atomic E-state index is 14.4. The summed E-state index contributed by atoms with van der Waals surface area (Å²) in [5.41, 5.74) is 0.956. The minimum Gasteiger partial charge on any atom is -0.491 e. The highest BCUT2D eigenvalue weighted by molar-refractivity contribution is 7.19. The summed E-state index contributed by atoms with van der Waals surface area (Å²) < 4.78 is 62.4. The van der Waals surface area contributed by atoms with Crippen LogP contribution in [0.15, 0.2) is 48.7 Å². The van der Waals surface area contributed by atoms with Gasteiger partial charge in [0.05, 0.1) is 25.3 Å². The van der Waals surface area contributed by atoms with Gasteiger partial charge < -0.3 is 20.9 Å². The minimum atomic E-state index is -5.33.